The molecule has 0 spiro atoms. The number of carbonyl (C=O) groups excluding carboxylic acids is 1. The van der Waals surface area contributed by atoms with Gasteiger partial charge in [-0.3, -0.25) is 4.79 Å². The summed E-state index contributed by atoms with van der Waals surface area (Å²) < 4.78 is 51.5. The molecule has 10 heteroatoms. The molecular weight excluding hydrogens is 435 g/mol. The van der Waals surface area contributed by atoms with E-state index in [1.54, 1.807) is 6.07 Å². The summed E-state index contributed by atoms with van der Waals surface area (Å²) >= 11 is 5.81. The average Bonchev–Trinajstić information content (AvgIpc) is 2.75. The van der Waals surface area contributed by atoms with Gasteiger partial charge in [0.15, 0.2) is 0 Å². The molecule has 1 amide bonds. The fourth-order valence-corrected chi connectivity index (χ4v) is 4.63. The lowest BCUT2D eigenvalue weighted by atomic mass is 10.2. The minimum atomic E-state index is -3.80. The number of rotatable bonds is 6. The van der Waals surface area contributed by atoms with Crippen molar-refractivity contribution in [3.05, 3.63) is 58.9 Å². The van der Waals surface area contributed by atoms with Gasteiger partial charge in [0.2, 0.25) is 15.9 Å². The highest BCUT2D eigenvalue weighted by Crippen LogP contribution is 2.29. The molecule has 0 atom stereocenters. The summed E-state index contributed by atoms with van der Waals surface area (Å²) in [4.78, 5) is 12.1. The Morgan fingerprint density at radius 2 is 1.97 bits per heavy atom. The molecule has 0 radical (unpaired) electrons. The van der Waals surface area contributed by atoms with E-state index in [9.17, 15) is 17.6 Å². The van der Waals surface area contributed by atoms with Gasteiger partial charge in [0, 0.05) is 24.2 Å². The van der Waals surface area contributed by atoms with E-state index in [4.69, 9.17) is 21.1 Å². The van der Waals surface area contributed by atoms with E-state index in [2.05, 4.69) is 5.32 Å². The highest BCUT2D eigenvalue weighted by Gasteiger charge is 2.29. The van der Waals surface area contributed by atoms with Crippen LogP contribution in [0.2, 0.25) is 5.02 Å². The molecule has 3 rings (SSSR count). The molecule has 1 saturated heterocycles. The minimum Gasteiger partial charge on any atom is -0.495 e. The number of ether oxygens (including phenoxy) is 2. The molecule has 7 nitrogen and oxygen atoms in total. The molecule has 0 aromatic heterocycles. The van der Waals surface area contributed by atoms with Crippen LogP contribution in [0.5, 0.6) is 5.75 Å². The van der Waals surface area contributed by atoms with Crippen LogP contribution in [0.1, 0.15) is 5.56 Å². The van der Waals surface area contributed by atoms with Gasteiger partial charge in [-0.2, -0.15) is 4.31 Å². The van der Waals surface area contributed by atoms with Gasteiger partial charge >= 0.3 is 0 Å². The molecule has 1 aliphatic heterocycles. The molecule has 1 N–H and O–H groups in total. The molecule has 160 valence electrons. The predicted molar refractivity (Wildman–Crippen MR) is 112 cm³/mol. The molecule has 0 unspecified atom stereocenters. The van der Waals surface area contributed by atoms with Crippen molar-refractivity contribution in [1.29, 1.82) is 0 Å². The number of hydrogen-bond acceptors (Lipinski definition) is 5. The van der Waals surface area contributed by atoms with E-state index in [1.165, 1.54) is 47.8 Å². The SMILES string of the molecule is COc1ccc(/C=C/C(=O)Nc2cc(Cl)ccc2F)cc1S(=O)(=O)N1CCOCC1. The highest BCUT2D eigenvalue weighted by molar-refractivity contribution is 7.89. The Bertz CT molecular complexity index is 1070. The topological polar surface area (TPSA) is 84.9 Å². The second kappa shape index (κ2) is 9.57. The van der Waals surface area contributed by atoms with Crippen molar-refractivity contribution in [3.8, 4) is 5.75 Å². The first-order chi connectivity index (χ1) is 14.3. The Kier molecular flexibility index (Phi) is 7.09. The summed E-state index contributed by atoms with van der Waals surface area (Å²) in [6.07, 6.45) is 2.60. The Labute approximate surface area is 179 Å². The van der Waals surface area contributed by atoms with Crippen molar-refractivity contribution in [3.63, 3.8) is 0 Å². The fraction of sp³-hybridized carbons (Fsp3) is 0.250. The maximum atomic E-state index is 13.7. The summed E-state index contributed by atoms with van der Waals surface area (Å²) in [5.41, 5.74) is 0.409. The normalized spacial score (nSPS) is 15.3. The molecule has 30 heavy (non-hydrogen) atoms. The third-order valence-electron chi connectivity index (χ3n) is 4.39. The van der Waals surface area contributed by atoms with Crippen molar-refractivity contribution < 1.29 is 27.1 Å². The number of benzene rings is 2. The van der Waals surface area contributed by atoms with Gasteiger partial charge in [-0.05, 0) is 42.0 Å². The first-order valence-electron chi connectivity index (χ1n) is 9.01. The zero-order valence-electron chi connectivity index (χ0n) is 16.1. The largest absolute Gasteiger partial charge is 0.495 e. The van der Waals surface area contributed by atoms with Crippen LogP contribution >= 0.6 is 11.6 Å². The number of nitrogens with zero attached hydrogens (tertiary/aromatic N) is 1. The van der Waals surface area contributed by atoms with E-state index in [0.29, 0.717) is 18.8 Å². The molecule has 1 aliphatic rings. The number of methoxy groups -OCH3 is 1. The Hall–Kier alpha value is -2.46. The second-order valence-corrected chi connectivity index (χ2v) is 8.72. The highest BCUT2D eigenvalue weighted by atomic mass is 35.5. The van der Waals surface area contributed by atoms with Crippen molar-refractivity contribution >= 4 is 39.3 Å². The summed E-state index contributed by atoms with van der Waals surface area (Å²) in [5.74, 6) is -1.02. The predicted octanol–water partition coefficient (Wildman–Crippen LogP) is 3.16. The van der Waals surface area contributed by atoms with Crippen LogP contribution in [0.25, 0.3) is 6.08 Å². The van der Waals surface area contributed by atoms with Crippen LogP contribution in [0.4, 0.5) is 10.1 Å². The minimum absolute atomic E-state index is 0.00431. The molecular formula is C20H20ClFN2O5S. The number of carbonyl (C=O) groups is 1. The van der Waals surface area contributed by atoms with Crippen LogP contribution in [-0.4, -0.2) is 52.0 Å². The fourth-order valence-electron chi connectivity index (χ4n) is 2.86. The molecule has 1 heterocycles. The Balaban J connectivity index is 1.82. The van der Waals surface area contributed by atoms with Gasteiger partial charge < -0.3 is 14.8 Å². The van der Waals surface area contributed by atoms with Gasteiger partial charge in [-0.1, -0.05) is 17.7 Å². The quantitative estimate of drug-likeness (QED) is 0.678. The van der Waals surface area contributed by atoms with Crippen LogP contribution in [0, 0.1) is 5.82 Å². The standard InChI is InChI=1S/C20H20ClFN2O5S/c1-28-18-6-2-14(12-19(18)30(26,27)24-8-10-29-11-9-24)3-7-20(25)23-17-13-15(21)4-5-16(17)22/h2-7,12-13H,8-11H2,1H3,(H,23,25)/b7-3+. The Morgan fingerprint density at radius 1 is 1.23 bits per heavy atom. The van der Waals surface area contributed by atoms with Gasteiger partial charge in [-0.25, -0.2) is 12.8 Å². The van der Waals surface area contributed by atoms with Gasteiger partial charge in [-0.15, -0.1) is 0 Å². The maximum absolute atomic E-state index is 13.7. The molecule has 0 aliphatic carbocycles. The van der Waals surface area contributed by atoms with E-state index >= 15 is 0 Å². The summed E-state index contributed by atoms with van der Waals surface area (Å²) in [6, 6.07) is 8.36. The van der Waals surface area contributed by atoms with Gasteiger partial charge in [0.05, 0.1) is 26.0 Å². The lowest BCUT2D eigenvalue weighted by molar-refractivity contribution is -0.111. The summed E-state index contributed by atoms with van der Waals surface area (Å²) in [5, 5.41) is 2.67. The zero-order valence-corrected chi connectivity index (χ0v) is 17.7. The first kappa shape index (κ1) is 22.2. The molecule has 0 bridgehead atoms. The monoisotopic (exact) mass is 454 g/mol. The number of nitrogens with one attached hydrogen (secondary N) is 1. The van der Waals surface area contributed by atoms with E-state index in [1.807, 2.05) is 0 Å². The lowest BCUT2D eigenvalue weighted by Gasteiger charge is -2.26. The first-order valence-corrected chi connectivity index (χ1v) is 10.8. The second-order valence-electron chi connectivity index (χ2n) is 6.37. The summed E-state index contributed by atoms with van der Waals surface area (Å²) in [6.45, 7) is 1.14. The van der Waals surface area contributed by atoms with Crippen LogP contribution in [-0.2, 0) is 19.6 Å². The van der Waals surface area contributed by atoms with Crippen LogP contribution < -0.4 is 10.1 Å². The number of halogens is 2. The van der Waals surface area contributed by atoms with Crippen molar-refractivity contribution in [2.24, 2.45) is 0 Å². The van der Waals surface area contributed by atoms with Gasteiger partial charge in [0.1, 0.15) is 16.5 Å². The van der Waals surface area contributed by atoms with E-state index in [0.717, 1.165) is 6.07 Å². The van der Waals surface area contributed by atoms with Crippen molar-refractivity contribution in [2.75, 3.05) is 38.7 Å². The number of amides is 1. The maximum Gasteiger partial charge on any atom is 0.248 e. The third kappa shape index (κ3) is 5.17. The average molecular weight is 455 g/mol. The zero-order chi connectivity index (χ0) is 21.7. The number of anilines is 1. The van der Waals surface area contributed by atoms with Crippen LogP contribution in [0.3, 0.4) is 0 Å². The molecule has 2 aromatic rings. The Morgan fingerprint density at radius 3 is 2.67 bits per heavy atom. The van der Waals surface area contributed by atoms with Crippen molar-refractivity contribution in [2.45, 2.75) is 4.90 Å². The number of sulfonamides is 1. The lowest BCUT2D eigenvalue weighted by Crippen LogP contribution is -2.40. The van der Waals surface area contributed by atoms with Gasteiger partial charge in [0.25, 0.3) is 0 Å². The van der Waals surface area contributed by atoms with Crippen LogP contribution in [0.15, 0.2) is 47.4 Å². The molecule has 2 aromatic carbocycles. The molecule has 1 fully saturated rings. The smallest absolute Gasteiger partial charge is 0.248 e. The summed E-state index contributed by atoms with van der Waals surface area (Å²) in [7, 11) is -2.41. The van der Waals surface area contributed by atoms with E-state index < -0.39 is 21.7 Å². The van der Waals surface area contributed by atoms with Crippen molar-refractivity contribution in [1.82, 2.24) is 4.31 Å². The molecule has 0 saturated carbocycles. The van der Waals surface area contributed by atoms with E-state index in [-0.39, 0.29) is 34.4 Å². The number of morpholine rings is 1. The number of hydrogen-bond donors (Lipinski definition) is 1. The third-order valence-corrected chi connectivity index (χ3v) is 6.54.